The normalized spacial score (nSPS) is 15.3. The molecule has 0 aliphatic carbocycles. The first-order chi connectivity index (χ1) is 12.6. The van der Waals surface area contributed by atoms with Gasteiger partial charge in [-0.1, -0.05) is 0 Å². The molecule has 1 N–H and O–H groups in total. The molecule has 1 saturated heterocycles. The number of thiazole rings is 1. The first-order valence-electron chi connectivity index (χ1n) is 8.29. The summed E-state index contributed by atoms with van der Waals surface area (Å²) in [5.74, 6) is 2.15. The van der Waals surface area contributed by atoms with Crippen molar-refractivity contribution in [2.75, 3.05) is 45.2 Å². The molecule has 0 unspecified atom stereocenters. The topological polar surface area (TPSA) is 78.8 Å². The molecule has 26 heavy (non-hydrogen) atoms. The predicted molar refractivity (Wildman–Crippen MR) is 107 cm³/mol. The van der Waals surface area contributed by atoms with Gasteiger partial charge >= 0.3 is 0 Å². The van der Waals surface area contributed by atoms with Gasteiger partial charge in [0.2, 0.25) is 11.8 Å². The average molecular weight is 440 g/mol. The number of anilines is 1. The second-order valence-electron chi connectivity index (χ2n) is 5.75. The number of aliphatic imine (C=N–C) groups is 1. The van der Waals surface area contributed by atoms with Crippen LogP contribution in [0.1, 0.15) is 9.88 Å². The molecule has 10 heteroatoms. The summed E-state index contributed by atoms with van der Waals surface area (Å²) in [6.45, 7) is 6.11. The van der Waals surface area contributed by atoms with Crippen molar-refractivity contribution in [3.63, 3.8) is 0 Å². The highest BCUT2D eigenvalue weighted by Gasteiger charge is 2.22. The number of methoxy groups -OCH3 is 1. The van der Waals surface area contributed by atoms with Crippen molar-refractivity contribution >= 4 is 39.2 Å². The van der Waals surface area contributed by atoms with Gasteiger partial charge in [-0.05, 0) is 22.9 Å². The molecule has 8 nitrogen and oxygen atoms in total. The van der Waals surface area contributed by atoms with Crippen molar-refractivity contribution in [2.24, 2.45) is 4.99 Å². The highest BCUT2D eigenvalue weighted by Crippen LogP contribution is 2.23. The summed E-state index contributed by atoms with van der Waals surface area (Å²) in [6.07, 6.45) is 3.64. The van der Waals surface area contributed by atoms with Crippen molar-refractivity contribution in [3.05, 3.63) is 26.8 Å². The first kappa shape index (κ1) is 18.8. The molecule has 2 aromatic rings. The van der Waals surface area contributed by atoms with Gasteiger partial charge in [-0.25, -0.2) is 9.97 Å². The molecule has 0 saturated carbocycles. The number of aryl methyl sites for hydroxylation is 1. The van der Waals surface area contributed by atoms with Gasteiger partial charge in [0, 0.05) is 44.3 Å². The van der Waals surface area contributed by atoms with Crippen LogP contribution in [-0.4, -0.2) is 66.1 Å². The zero-order chi connectivity index (χ0) is 18.5. The number of piperazine rings is 1. The highest BCUT2D eigenvalue weighted by atomic mass is 79.9. The van der Waals surface area contributed by atoms with Crippen molar-refractivity contribution in [3.8, 4) is 5.88 Å². The largest absolute Gasteiger partial charge is 0.480 e. The Morgan fingerprint density at radius 2 is 2.08 bits per heavy atom. The van der Waals surface area contributed by atoms with E-state index in [9.17, 15) is 0 Å². The molecular formula is C16H22BrN7OS. The molecule has 140 valence electrons. The van der Waals surface area contributed by atoms with Gasteiger partial charge < -0.3 is 19.9 Å². The third-order valence-electron chi connectivity index (χ3n) is 4.06. The van der Waals surface area contributed by atoms with E-state index in [1.54, 1.807) is 24.6 Å². The Morgan fingerprint density at radius 1 is 1.31 bits per heavy atom. The van der Waals surface area contributed by atoms with Gasteiger partial charge in [0.15, 0.2) is 5.96 Å². The van der Waals surface area contributed by atoms with Crippen molar-refractivity contribution < 1.29 is 4.74 Å². The summed E-state index contributed by atoms with van der Waals surface area (Å²) in [6, 6.07) is 0. The summed E-state index contributed by atoms with van der Waals surface area (Å²) >= 11 is 5.09. The van der Waals surface area contributed by atoms with Crippen LogP contribution in [0, 0.1) is 6.92 Å². The first-order valence-corrected chi connectivity index (χ1v) is 9.90. The van der Waals surface area contributed by atoms with Crippen LogP contribution in [-0.2, 0) is 6.54 Å². The van der Waals surface area contributed by atoms with Crippen LogP contribution in [0.25, 0.3) is 0 Å². The number of nitrogens with one attached hydrogen (secondary N) is 1. The molecule has 1 aliphatic heterocycles. The summed E-state index contributed by atoms with van der Waals surface area (Å²) in [4.78, 5) is 23.2. The highest BCUT2D eigenvalue weighted by molar-refractivity contribution is 9.10. The number of rotatable bonds is 4. The van der Waals surface area contributed by atoms with E-state index < -0.39 is 0 Å². The van der Waals surface area contributed by atoms with Crippen LogP contribution in [0.3, 0.4) is 0 Å². The molecule has 1 aliphatic rings. The van der Waals surface area contributed by atoms with Crippen LogP contribution in [0.2, 0.25) is 0 Å². The fourth-order valence-corrected chi connectivity index (χ4v) is 3.83. The molecule has 3 rings (SSSR count). The Balaban J connectivity index is 1.56. The summed E-state index contributed by atoms with van der Waals surface area (Å²) in [5.41, 5.74) is 0. The molecule has 1 fully saturated rings. The number of halogens is 1. The molecular weight excluding hydrogens is 418 g/mol. The van der Waals surface area contributed by atoms with Gasteiger partial charge in [-0.3, -0.25) is 4.99 Å². The Kier molecular flexibility index (Phi) is 6.25. The summed E-state index contributed by atoms with van der Waals surface area (Å²) in [5, 5.41) is 4.50. The van der Waals surface area contributed by atoms with E-state index in [0.717, 1.165) is 48.2 Å². The number of ether oxygens (including phenoxy) is 1. The number of hydrogen-bond acceptors (Lipinski definition) is 7. The van der Waals surface area contributed by atoms with E-state index >= 15 is 0 Å². The molecule has 0 bridgehead atoms. The molecule has 0 spiro atoms. The SMILES string of the molecule is CN=C(NCc1cnc(C)s1)N1CCN(c2ncc(Br)c(OC)n2)CC1. The number of guanidine groups is 1. The monoisotopic (exact) mass is 439 g/mol. The third-order valence-corrected chi connectivity index (χ3v) is 5.51. The van der Waals surface area contributed by atoms with Crippen molar-refractivity contribution in [1.29, 1.82) is 0 Å². The third kappa shape index (κ3) is 4.42. The lowest BCUT2D eigenvalue weighted by atomic mass is 10.3. The Hall–Kier alpha value is -1.94. The van der Waals surface area contributed by atoms with Crippen LogP contribution in [0.15, 0.2) is 21.9 Å². The smallest absolute Gasteiger partial charge is 0.232 e. The Morgan fingerprint density at radius 3 is 2.69 bits per heavy atom. The van der Waals surface area contributed by atoms with E-state index in [-0.39, 0.29) is 0 Å². The number of aromatic nitrogens is 3. The zero-order valence-electron chi connectivity index (χ0n) is 15.1. The number of hydrogen-bond donors (Lipinski definition) is 1. The van der Waals surface area contributed by atoms with Crippen LogP contribution >= 0.6 is 27.3 Å². The molecule has 0 radical (unpaired) electrons. The maximum absolute atomic E-state index is 5.26. The molecule has 0 amide bonds. The Bertz CT molecular complexity index is 774. The summed E-state index contributed by atoms with van der Waals surface area (Å²) < 4.78 is 6.02. The minimum absolute atomic E-state index is 0.551. The van der Waals surface area contributed by atoms with Gasteiger partial charge in [0.05, 0.1) is 29.3 Å². The summed E-state index contributed by atoms with van der Waals surface area (Å²) in [7, 11) is 3.42. The standard InChI is InChI=1S/C16H22BrN7OS/c1-11-19-8-12(26-11)9-20-15(18-2)23-4-6-24(7-5-23)16-21-10-13(17)14(22-16)25-3/h8,10H,4-7,9H2,1-3H3,(H,18,20). The quantitative estimate of drug-likeness (QED) is 0.575. The van der Waals surface area contributed by atoms with Gasteiger partial charge in [0.25, 0.3) is 0 Å². The maximum Gasteiger partial charge on any atom is 0.232 e. The van der Waals surface area contributed by atoms with Crippen LogP contribution < -0.4 is 15.0 Å². The van der Waals surface area contributed by atoms with E-state index in [2.05, 4.69) is 51.0 Å². The van der Waals surface area contributed by atoms with Crippen molar-refractivity contribution in [2.45, 2.75) is 13.5 Å². The second kappa shape index (κ2) is 8.63. The zero-order valence-corrected chi connectivity index (χ0v) is 17.5. The average Bonchev–Trinajstić information content (AvgIpc) is 3.08. The molecule has 2 aromatic heterocycles. The second-order valence-corrected chi connectivity index (χ2v) is 7.92. The fourth-order valence-electron chi connectivity index (χ4n) is 2.74. The van der Waals surface area contributed by atoms with Gasteiger partial charge in [-0.2, -0.15) is 4.98 Å². The van der Waals surface area contributed by atoms with Crippen molar-refractivity contribution in [1.82, 2.24) is 25.2 Å². The number of nitrogens with zero attached hydrogens (tertiary/aromatic N) is 6. The molecule has 0 atom stereocenters. The molecule has 3 heterocycles. The van der Waals surface area contributed by atoms with Gasteiger partial charge in [0.1, 0.15) is 0 Å². The lowest BCUT2D eigenvalue weighted by Gasteiger charge is -2.36. The lowest BCUT2D eigenvalue weighted by Crippen LogP contribution is -2.52. The van der Waals surface area contributed by atoms with Gasteiger partial charge in [-0.15, -0.1) is 11.3 Å². The van der Waals surface area contributed by atoms with Crippen LogP contribution in [0.5, 0.6) is 5.88 Å². The maximum atomic E-state index is 5.26. The van der Waals surface area contributed by atoms with E-state index in [1.165, 1.54) is 4.88 Å². The minimum atomic E-state index is 0.551. The predicted octanol–water partition coefficient (Wildman–Crippen LogP) is 1.91. The minimum Gasteiger partial charge on any atom is -0.480 e. The van der Waals surface area contributed by atoms with E-state index in [0.29, 0.717) is 11.8 Å². The fraction of sp³-hybridized carbons (Fsp3) is 0.500. The van der Waals surface area contributed by atoms with E-state index in [1.807, 2.05) is 20.2 Å². The Labute approximate surface area is 165 Å². The van der Waals surface area contributed by atoms with E-state index in [4.69, 9.17) is 4.74 Å². The van der Waals surface area contributed by atoms with Crippen LogP contribution in [0.4, 0.5) is 5.95 Å². The lowest BCUT2D eigenvalue weighted by molar-refractivity contribution is 0.366. The molecule has 0 aromatic carbocycles.